The van der Waals surface area contributed by atoms with Crippen LogP contribution in [0, 0.1) is 23.0 Å². The number of hydrogen-bond donors (Lipinski definition) is 1. The molecule has 0 aromatic carbocycles. The summed E-state index contributed by atoms with van der Waals surface area (Å²) in [5.74, 6) is 1.72. The van der Waals surface area contributed by atoms with Crippen molar-refractivity contribution in [3.8, 4) is 0 Å². The van der Waals surface area contributed by atoms with Gasteiger partial charge in [0, 0.05) is 33.7 Å². The maximum Gasteiger partial charge on any atom is 0.406 e. The summed E-state index contributed by atoms with van der Waals surface area (Å²) in [4.78, 5) is 16.7. The van der Waals surface area contributed by atoms with E-state index in [4.69, 9.17) is 5.11 Å². The molecule has 1 aromatic rings. The smallest absolute Gasteiger partial charge is 0.396 e. The number of rotatable bonds is 4. The lowest BCUT2D eigenvalue weighted by Gasteiger charge is -2.32. The zero-order valence-electron chi connectivity index (χ0n) is 11.4. The van der Waals surface area contributed by atoms with Gasteiger partial charge in [-0.15, -0.1) is 0 Å². The summed E-state index contributed by atoms with van der Waals surface area (Å²) in [5.41, 5.74) is 0. The number of aromatic nitrogens is 2. The van der Waals surface area contributed by atoms with E-state index in [1.54, 1.807) is 11.5 Å². The van der Waals surface area contributed by atoms with Crippen LogP contribution in [0.1, 0.15) is 25.1 Å². The van der Waals surface area contributed by atoms with Crippen LogP contribution in [-0.2, 0) is 7.05 Å². The molecule has 106 valence electrons. The highest BCUT2D eigenvalue weighted by Crippen LogP contribution is 2.31. The molecule has 19 heavy (non-hydrogen) atoms. The lowest BCUT2D eigenvalue weighted by atomic mass is 9.94. The highest BCUT2D eigenvalue weighted by molar-refractivity contribution is 5.56. The molecule has 0 unspecified atom stereocenters. The Hall–Kier alpha value is -1.63. The molecule has 0 radical (unpaired) electrons. The minimum atomic E-state index is -0.415. The van der Waals surface area contributed by atoms with Gasteiger partial charge in [-0.25, -0.2) is 0 Å². The Morgan fingerprint density at radius 3 is 2.63 bits per heavy atom. The quantitative estimate of drug-likeness (QED) is 0.656. The second kappa shape index (κ2) is 5.56. The number of nitrogens with zero attached hydrogens (tertiary/aromatic N) is 4. The van der Waals surface area contributed by atoms with Crippen molar-refractivity contribution in [1.82, 2.24) is 9.55 Å². The fourth-order valence-corrected chi connectivity index (χ4v) is 2.67. The van der Waals surface area contributed by atoms with Gasteiger partial charge in [-0.1, -0.05) is 0 Å². The average molecular weight is 268 g/mol. The molecule has 0 amide bonds. The molecule has 1 N–H and O–H groups in total. The molecule has 1 aliphatic heterocycles. The van der Waals surface area contributed by atoms with E-state index in [-0.39, 0.29) is 12.4 Å². The van der Waals surface area contributed by atoms with Crippen LogP contribution in [-0.4, -0.2) is 39.3 Å². The summed E-state index contributed by atoms with van der Waals surface area (Å²) in [6.45, 7) is 3.56. The summed E-state index contributed by atoms with van der Waals surface area (Å²) >= 11 is 0. The zero-order chi connectivity index (χ0) is 14.0. The first kappa shape index (κ1) is 13.8. The van der Waals surface area contributed by atoms with Gasteiger partial charge in [-0.2, -0.15) is 0 Å². The van der Waals surface area contributed by atoms with Crippen molar-refractivity contribution in [2.75, 3.05) is 24.6 Å². The lowest BCUT2D eigenvalue weighted by Crippen LogP contribution is -2.35. The van der Waals surface area contributed by atoms with Gasteiger partial charge in [0.15, 0.2) is 0 Å². The van der Waals surface area contributed by atoms with Crippen LogP contribution >= 0.6 is 0 Å². The van der Waals surface area contributed by atoms with Crippen molar-refractivity contribution in [1.29, 1.82) is 0 Å². The van der Waals surface area contributed by atoms with E-state index in [9.17, 15) is 10.1 Å². The average Bonchev–Trinajstić information content (AvgIpc) is 2.68. The number of aryl methyl sites for hydroxylation is 1. The van der Waals surface area contributed by atoms with Crippen molar-refractivity contribution in [2.24, 2.45) is 13.0 Å². The van der Waals surface area contributed by atoms with E-state index in [1.165, 1.54) is 0 Å². The third kappa shape index (κ3) is 2.70. The Morgan fingerprint density at radius 2 is 2.11 bits per heavy atom. The Kier molecular flexibility index (Phi) is 4.04. The van der Waals surface area contributed by atoms with Crippen LogP contribution < -0.4 is 4.90 Å². The van der Waals surface area contributed by atoms with Gasteiger partial charge in [0.1, 0.15) is 0 Å². The second-order valence-electron chi connectivity index (χ2n) is 5.07. The number of nitro groups is 1. The van der Waals surface area contributed by atoms with Crippen LogP contribution in [0.4, 0.5) is 11.6 Å². The number of aliphatic hydroxyl groups is 1. The number of anilines is 1. The first-order valence-corrected chi connectivity index (χ1v) is 6.58. The van der Waals surface area contributed by atoms with Crippen LogP contribution in [0.15, 0.2) is 0 Å². The van der Waals surface area contributed by atoms with Crippen molar-refractivity contribution < 1.29 is 10.0 Å². The fourth-order valence-electron chi connectivity index (χ4n) is 2.67. The van der Waals surface area contributed by atoms with Gasteiger partial charge in [0.05, 0.1) is 0 Å². The normalized spacial score (nSPS) is 16.9. The SMILES string of the molecule is Cc1nc([N+](=O)[O-])c(N2CCC(CCO)CC2)n1C. The minimum absolute atomic E-state index is 0.0550. The topological polar surface area (TPSA) is 84.4 Å². The summed E-state index contributed by atoms with van der Waals surface area (Å²) < 4.78 is 1.78. The highest BCUT2D eigenvalue weighted by atomic mass is 16.6. The number of aliphatic hydroxyl groups excluding tert-OH is 1. The first-order chi connectivity index (χ1) is 9.04. The van der Waals surface area contributed by atoms with Crippen molar-refractivity contribution in [3.63, 3.8) is 0 Å². The summed E-state index contributed by atoms with van der Waals surface area (Å²) in [5, 5.41) is 20.0. The summed E-state index contributed by atoms with van der Waals surface area (Å²) in [6.07, 6.45) is 2.74. The molecule has 1 saturated heterocycles. The van der Waals surface area contributed by atoms with Crippen LogP contribution in [0.5, 0.6) is 0 Å². The third-order valence-electron chi connectivity index (χ3n) is 3.90. The number of imidazole rings is 1. The third-order valence-corrected chi connectivity index (χ3v) is 3.90. The van der Waals surface area contributed by atoms with Gasteiger partial charge in [0.25, 0.3) is 0 Å². The van der Waals surface area contributed by atoms with Crippen LogP contribution in [0.25, 0.3) is 0 Å². The van der Waals surface area contributed by atoms with Gasteiger partial charge in [-0.05, 0) is 35.1 Å². The van der Waals surface area contributed by atoms with Crippen molar-refractivity contribution >= 4 is 11.6 Å². The highest BCUT2D eigenvalue weighted by Gasteiger charge is 2.30. The fraction of sp³-hybridized carbons (Fsp3) is 0.750. The maximum absolute atomic E-state index is 11.1. The van der Waals surface area contributed by atoms with E-state index >= 15 is 0 Å². The molecular formula is C12H20N4O3. The molecule has 7 heteroatoms. The zero-order valence-corrected chi connectivity index (χ0v) is 11.4. The molecule has 2 heterocycles. The van der Waals surface area contributed by atoms with E-state index < -0.39 is 4.92 Å². The first-order valence-electron chi connectivity index (χ1n) is 6.58. The molecule has 0 saturated carbocycles. The Balaban J connectivity index is 2.17. The second-order valence-corrected chi connectivity index (χ2v) is 5.07. The van der Waals surface area contributed by atoms with E-state index in [2.05, 4.69) is 4.98 Å². The minimum Gasteiger partial charge on any atom is -0.396 e. The van der Waals surface area contributed by atoms with Gasteiger partial charge < -0.3 is 20.1 Å². The molecule has 0 bridgehead atoms. The van der Waals surface area contributed by atoms with E-state index in [0.29, 0.717) is 17.6 Å². The molecule has 2 rings (SSSR count). The van der Waals surface area contributed by atoms with Crippen LogP contribution in [0.3, 0.4) is 0 Å². The monoisotopic (exact) mass is 268 g/mol. The summed E-state index contributed by atoms with van der Waals surface area (Å²) in [6, 6.07) is 0. The molecule has 1 aliphatic rings. The predicted molar refractivity (Wildman–Crippen MR) is 71.2 cm³/mol. The van der Waals surface area contributed by atoms with Gasteiger partial charge in [0.2, 0.25) is 11.6 Å². The summed E-state index contributed by atoms with van der Waals surface area (Å²) in [7, 11) is 1.81. The van der Waals surface area contributed by atoms with Crippen molar-refractivity contribution in [2.45, 2.75) is 26.2 Å². The lowest BCUT2D eigenvalue weighted by molar-refractivity contribution is -0.388. The molecule has 0 atom stereocenters. The van der Waals surface area contributed by atoms with Gasteiger partial charge >= 0.3 is 5.82 Å². The molecule has 7 nitrogen and oxygen atoms in total. The Bertz CT molecular complexity index is 464. The maximum atomic E-state index is 11.1. The largest absolute Gasteiger partial charge is 0.406 e. The number of piperidine rings is 1. The molecule has 0 aliphatic carbocycles. The molecular weight excluding hydrogens is 248 g/mol. The van der Waals surface area contributed by atoms with Gasteiger partial charge in [-0.3, -0.25) is 4.57 Å². The standard InChI is InChI=1S/C12H20N4O3/c1-9-13-11(16(18)19)12(14(9)2)15-6-3-10(4-7-15)5-8-17/h10,17H,3-8H2,1-2H3. The Labute approximate surface area is 112 Å². The van der Waals surface area contributed by atoms with E-state index in [1.807, 2.05) is 11.9 Å². The van der Waals surface area contributed by atoms with Crippen LogP contribution in [0.2, 0.25) is 0 Å². The predicted octanol–water partition coefficient (Wildman–Crippen LogP) is 1.24. The molecule has 1 aromatic heterocycles. The van der Waals surface area contributed by atoms with E-state index in [0.717, 1.165) is 32.4 Å². The number of hydrogen-bond acceptors (Lipinski definition) is 5. The van der Waals surface area contributed by atoms with Crippen molar-refractivity contribution in [3.05, 3.63) is 15.9 Å². The molecule has 0 spiro atoms. The molecule has 1 fully saturated rings. The Morgan fingerprint density at radius 1 is 1.47 bits per heavy atom.